The number of hydrogen-bond donors (Lipinski definition) is 1. The average molecular weight is 381 g/mol. The molecule has 132 valence electrons. The van der Waals surface area contributed by atoms with Gasteiger partial charge in [0.25, 0.3) is 5.95 Å². The first-order valence-corrected chi connectivity index (χ1v) is 8.63. The fraction of sp³-hybridized carbons (Fsp3) is 0.375. The maximum absolute atomic E-state index is 12.4. The van der Waals surface area contributed by atoms with Crippen LogP contribution in [0.1, 0.15) is 18.9 Å². The Hall–Kier alpha value is -2.12. The van der Waals surface area contributed by atoms with Crippen molar-refractivity contribution in [2.24, 2.45) is 13.0 Å². The number of benzene rings is 1. The zero-order valence-electron chi connectivity index (χ0n) is 13.9. The fourth-order valence-corrected chi connectivity index (χ4v) is 3.08. The number of aromatic nitrogens is 4. The molecule has 1 aliphatic heterocycles. The SMILES string of the molecule is CC1CN(C(=O)Nc2nnnn2C)CCC1=Cc1ccc(Cl)c(Cl)c1. The normalized spacial score (nSPS) is 19.3. The molecule has 0 bridgehead atoms. The number of anilines is 1. The van der Waals surface area contributed by atoms with Crippen LogP contribution >= 0.6 is 23.2 Å². The third-order valence-corrected chi connectivity index (χ3v) is 4.96. The average Bonchev–Trinajstić information content (AvgIpc) is 2.97. The van der Waals surface area contributed by atoms with Gasteiger partial charge in [0.15, 0.2) is 0 Å². The summed E-state index contributed by atoms with van der Waals surface area (Å²) >= 11 is 12.0. The molecule has 2 aromatic rings. The number of nitrogens with zero attached hydrogens (tertiary/aromatic N) is 5. The highest BCUT2D eigenvalue weighted by Gasteiger charge is 2.25. The summed E-state index contributed by atoms with van der Waals surface area (Å²) in [4.78, 5) is 14.1. The first-order chi connectivity index (χ1) is 11.9. The topological polar surface area (TPSA) is 75.9 Å². The van der Waals surface area contributed by atoms with E-state index < -0.39 is 0 Å². The number of hydrogen-bond acceptors (Lipinski definition) is 4. The molecule has 1 fully saturated rings. The lowest BCUT2D eigenvalue weighted by atomic mass is 9.91. The quantitative estimate of drug-likeness (QED) is 0.864. The summed E-state index contributed by atoms with van der Waals surface area (Å²) in [6.07, 6.45) is 2.92. The number of amides is 2. The summed E-state index contributed by atoms with van der Waals surface area (Å²) in [6.45, 7) is 3.37. The molecule has 0 spiro atoms. The Morgan fingerprint density at radius 1 is 1.36 bits per heavy atom. The number of rotatable bonds is 2. The van der Waals surface area contributed by atoms with Crippen LogP contribution in [0.3, 0.4) is 0 Å². The van der Waals surface area contributed by atoms with Gasteiger partial charge in [0.2, 0.25) is 0 Å². The molecule has 1 atom stereocenters. The molecular formula is C16H18Cl2N6O. The largest absolute Gasteiger partial charge is 0.324 e. The number of urea groups is 1. The maximum Gasteiger partial charge on any atom is 0.324 e. The first-order valence-electron chi connectivity index (χ1n) is 7.88. The highest BCUT2D eigenvalue weighted by molar-refractivity contribution is 6.42. The Morgan fingerprint density at radius 2 is 2.16 bits per heavy atom. The van der Waals surface area contributed by atoms with Crippen molar-refractivity contribution in [2.75, 3.05) is 18.4 Å². The van der Waals surface area contributed by atoms with E-state index >= 15 is 0 Å². The van der Waals surface area contributed by atoms with Gasteiger partial charge in [-0.15, -0.1) is 0 Å². The molecule has 25 heavy (non-hydrogen) atoms. The van der Waals surface area contributed by atoms with Crippen LogP contribution in [-0.2, 0) is 7.05 Å². The number of tetrazole rings is 1. The number of halogens is 2. The van der Waals surface area contributed by atoms with Crippen LogP contribution in [-0.4, -0.2) is 44.2 Å². The lowest BCUT2D eigenvalue weighted by Crippen LogP contribution is -2.42. The molecule has 1 N–H and O–H groups in total. The molecule has 9 heteroatoms. The second-order valence-electron chi connectivity index (χ2n) is 6.05. The van der Waals surface area contributed by atoms with Crippen molar-refractivity contribution in [3.63, 3.8) is 0 Å². The van der Waals surface area contributed by atoms with Crippen molar-refractivity contribution in [1.82, 2.24) is 25.1 Å². The van der Waals surface area contributed by atoms with E-state index in [2.05, 4.69) is 33.8 Å². The van der Waals surface area contributed by atoms with Crippen LogP contribution in [0.15, 0.2) is 23.8 Å². The van der Waals surface area contributed by atoms with E-state index in [1.165, 1.54) is 10.3 Å². The van der Waals surface area contributed by atoms with Gasteiger partial charge in [0.05, 0.1) is 10.0 Å². The van der Waals surface area contributed by atoms with Crippen molar-refractivity contribution < 1.29 is 4.79 Å². The third kappa shape index (κ3) is 4.11. The Morgan fingerprint density at radius 3 is 2.80 bits per heavy atom. The molecule has 3 rings (SSSR count). The van der Waals surface area contributed by atoms with E-state index in [-0.39, 0.29) is 11.9 Å². The van der Waals surface area contributed by atoms with Gasteiger partial charge in [-0.1, -0.05) is 52.9 Å². The molecule has 1 aromatic heterocycles. The van der Waals surface area contributed by atoms with Gasteiger partial charge >= 0.3 is 6.03 Å². The number of likely N-dealkylation sites (tertiary alicyclic amines) is 1. The number of carbonyl (C=O) groups excluding carboxylic acids is 1. The predicted molar refractivity (Wildman–Crippen MR) is 97.6 cm³/mol. The van der Waals surface area contributed by atoms with Gasteiger partial charge in [-0.25, -0.2) is 9.48 Å². The van der Waals surface area contributed by atoms with E-state index in [4.69, 9.17) is 23.2 Å². The summed E-state index contributed by atoms with van der Waals surface area (Å²) in [5.41, 5.74) is 2.29. The van der Waals surface area contributed by atoms with E-state index in [0.717, 1.165) is 12.0 Å². The highest BCUT2D eigenvalue weighted by atomic mass is 35.5. The van der Waals surface area contributed by atoms with Crippen molar-refractivity contribution in [3.05, 3.63) is 39.4 Å². The molecular weight excluding hydrogens is 363 g/mol. The summed E-state index contributed by atoms with van der Waals surface area (Å²) in [5, 5.41) is 14.8. The van der Waals surface area contributed by atoms with Crippen molar-refractivity contribution in [1.29, 1.82) is 0 Å². The summed E-state index contributed by atoms with van der Waals surface area (Å²) in [6, 6.07) is 5.38. The predicted octanol–water partition coefficient (Wildman–Crippen LogP) is 3.47. The molecule has 7 nitrogen and oxygen atoms in total. The lowest BCUT2D eigenvalue weighted by molar-refractivity contribution is 0.197. The smallest absolute Gasteiger partial charge is 0.324 e. The number of nitrogens with one attached hydrogen (secondary N) is 1. The molecule has 0 aliphatic carbocycles. The summed E-state index contributed by atoms with van der Waals surface area (Å²) < 4.78 is 1.42. The molecule has 1 unspecified atom stereocenters. The minimum absolute atomic E-state index is 0.196. The highest BCUT2D eigenvalue weighted by Crippen LogP contribution is 2.28. The molecule has 2 amide bonds. The Labute approximate surface area is 155 Å². The summed E-state index contributed by atoms with van der Waals surface area (Å²) in [7, 11) is 1.67. The van der Waals surface area contributed by atoms with Crippen LogP contribution in [0.5, 0.6) is 0 Å². The standard InChI is InChI=1S/C16H18Cl2N6O/c1-10-9-24(16(25)19-15-20-21-22-23(15)2)6-5-12(10)7-11-3-4-13(17)14(18)8-11/h3-4,7-8,10H,5-6,9H2,1-2H3,(H,19,20,22,25). The molecule has 1 aliphatic rings. The second-order valence-corrected chi connectivity index (χ2v) is 6.86. The van der Waals surface area contributed by atoms with Gasteiger partial charge in [-0.3, -0.25) is 5.32 Å². The molecule has 1 saturated heterocycles. The van der Waals surface area contributed by atoms with Crippen molar-refractivity contribution in [2.45, 2.75) is 13.3 Å². The van der Waals surface area contributed by atoms with E-state index in [0.29, 0.717) is 29.1 Å². The number of carbonyl (C=O) groups is 1. The van der Waals surface area contributed by atoms with E-state index in [9.17, 15) is 4.79 Å². The Kier molecular flexibility index (Phi) is 5.24. The van der Waals surface area contributed by atoms with Gasteiger partial charge in [-0.05, 0) is 40.5 Å². The van der Waals surface area contributed by atoms with Gasteiger partial charge in [0.1, 0.15) is 0 Å². The van der Waals surface area contributed by atoms with E-state index in [1.54, 1.807) is 18.0 Å². The molecule has 0 saturated carbocycles. The molecule has 1 aromatic carbocycles. The zero-order valence-corrected chi connectivity index (χ0v) is 15.4. The number of aryl methyl sites for hydroxylation is 1. The fourth-order valence-electron chi connectivity index (χ4n) is 2.77. The van der Waals surface area contributed by atoms with Gasteiger partial charge in [0, 0.05) is 20.1 Å². The molecule has 0 radical (unpaired) electrons. The second kappa shape index (κ2) is 7.41. The van der Waals surface area contributed by atoms with E-state index in [1.807, 2.05) is 12.1 Å². The van der Waals surface area contributed by atoms with Gasteiger partial charge in [-0.2, -0.15) is 0 Å². The van der Waals surface area contributed by atoms with Crippen LogP contribution in [0.4, 0.5) is 10.7 Å². The van der Waals surface area contributed by atoms with Crippen molar-refractivity contribution >= 4 is 41.3 Å². The summed E-state index contributed by atoms with van der Waals surface area (Å²) in [5.74, 6) is 0.571. The van der Waals surface area contributed by atoms with Crippen LogP contribution in [0.25, 0.3) is 6.08 Å². The molecule has 2 heterocycles. The minimum atomic E-state index is -0.196. The Balaban J connectivity index is 1.65. The monoisotopic (exact) mass is 380 g/mol. The zero-order chi connectivity index (χ0) is 18.0. The van der Waals surface area contributed by atoms with Crippen molar-refractivity contribution in [3.8, 4) is 0 Å². The van der Waals surface area contributed by atoms with Crippen LogP contribution in [0.2, 0.25) is 10.0 Å². The van der Waals surface area contributed by atoms with Gasteiger partial charge < -0.3 is 4.90 Å². The number of piperidine rings is 1. The third-order valence-electron chi connectivity index (χ3n) is 4.22. The Bertz CT molecular complexity index is 819. The maximum atomic E-state index is 12.4. The van der Waals surface area contributed by atoms with Crippen LogP contribution in [0, 0.1) is 5.92 Å². The van der Waals surface area contributed by atoms with Crippen LogP contribution < -0.4 is 5.32 Å². The minimum Gasteiger partial charge on any atom is -0.324 e. The first kappa shape index (κ1) is 17.7. The lowest BCUT2D eigenvalue weighted by Gasteiger charge is -2.33.